The largest absolute Gasteiger partial charge is 0.480 e. The Labute approximate surface area is 115 Å². The summed E-state index contributed by atoms with van der Waals surface area (Å²) in [5, 5.41) is 17.9. The molecule has 104 valence electrons. The molecule has 0 radical (unpaired) electrons. The summed E-state index contributed by atoms with van der Waals surface area (Å²) in [5.41, 5.74) is 0.964. The number of amides is 1. The van der Waals surface area contributed by atoms with E-state index in [0.29, 0.717) is 17.9 Å². The highest BCUT2D eigenvalue weighted by atomic mass is 16.5. The number of carbonyl (C=O) groups is 2. The molecule has 2 rings (SSSR count). The second-order valence-corrected chi connectivity index (χ2v) is 4.37. The van der Waals surface area contributed by atoms with E-state index in [9.17, 15) is 9.59 Å². The summed E-state index contributed by atoms with van der Waals surface area (Å²) >= 11 is 0. The zero-order valence-corrected chi connectivity index (χ0v) is 10.9. The van der Waals surface area contributed by atoms with Gasteiger partial charge in [0.15, 0.2) is 6.04 Å². The van der Waals surface area contributed by atoms with Crippen molar-refractivity contribution in [3.05, 3.63) is 29.1 Å². The van der Waals surface area contributed by atoms with Crippen LogP contribution < -0.4 is 0 Å². The van der Waals surface area contributed by atoms with E-state index in [1.54, 1.807) is 6.92 Å². The minimum absolute atomic E-state index is 0.0314. The Hall–Kier alpha value is -2.46. The van der Waals surface area contributed by atoms with Gasteiger partial charge in [-0.05, 0) is 19.1 Å². The third kappa shape index (κ3) is 2.60. The van der Waals surface area contributed by atoms with E-state index in [1.165, 1.54) is 17.0 Å². The molecule has 0 aromatic carbocycles. The Morgan fingerprint density at radius 2 is 2.30 bits per heavy atom. The molecule has 1 N–H and O–H groups in total. The third-order valence-corrected chi connectivity index (χ3v) is 3.10. The first kappa shape index (κ1) is 14.0. The number of nitriles is 1. The lowest BCUT2D eigenvalue weighted by Gasteiger charge is -2.32. The number of carboxylic acids is 1. The fourth-order valence-corrected chi connectivity index (χ4v) is 2.00. The second kappa shape index (κ2) is 5.67. The van der Waals surface area contributed by atoms with Gasteiger partial charge in [-0.25, -0.2) is 9.78 Å². The first-order valence-electron chi connectivity index (χ1n) is 6.04. The molecule has 20 heavy (non-hydrogen) atoms. The maximum atomic E-state index is 12.3. The Bertz CT molecular complexity index is 594. The molecular weight excluding hydrogens is 262 g/mol. The highest BCUT2D eigenvalue weighted by molar-refractivity contribution is 5.95. The van der Waals surface area contributed by atoms with Crippen molar-refractivity contribution >= 4 is 11.9 Å². The normalized spacial score (nSPS) is 18.4. The first-order chi connectivity index (χ1) is 9.54. The van der Waals surface area contributed by atoms with Crippen molar-refractivity contribution in [1.29, 1.82) is 5.26 Å². The topological polar surface area (TPSA) is 104 Å². The number of carbonyl (C=O) groups excluding carboxylic acids is 1. The van der Waals surface area contributed by atoms with Crippen LogP contribution in [0.4, 0.5) is 0 Å². The number of nitrogens with zero attached hydrogens (tertiary/aromatic N) is 3. The SMILES string of the molecule is Cc1nc(C(=O)N2CCOCC2C(=O)O)ccc1C#N. The molecule has 1 unspecified atom stereocenters. The van der Waals surface area contributed by atoms with Crippen LogP contribution in [0.1, 0.15) is 21.7 Å². The fraction of sp³-hybridized carbons (Fsp3) is 0.385. The molecule has 1 aromatic heterocycles. The lowest BCUT2D eigenvalue weighted by molar-refractivity contribution is -0.147. The number of hydrogen-bond acceptors (Lipinski definition) is 5. The van der Waals surface area contributed by atoms with E-state index in [1.807, 2.05) is 6.07 Å². The Morgan fingerprint density at radius 1 is 1.55 bits per heavy atom. The van der Waals surface area contributed by atoms with E-state index in [0.717, 1.165) is 0 Å². The summed E-state index contributed by atoms with van der Waals surface area (Å²) in [7, 11) is 0. The van der Waals surface area contributed by atoms with Crippen molar-refractivity contribution in [1.82, 2.24) is 9.88 Å². The number of pyridine rings is 1. The number of carboxylic acid groups (broad SMARTS) is 1. The smallest absolute Gasteiger partial charge is 0.328 e. The average molecular weight is 275 g/mol. The van der Waals surface area contributed by atoms with Gasteiger partial charge < -0.3 is 14.7 Å². The van der Waals surface area contributed by atoms with Gasteiger partial charge in [-0.15, -0.1) is 0 Å². The number of hydrogen-bond donors (Lipinski definition) is 1. The standard InChI is InChI=1S/C13H13N3O4/c1-8-9(6-14)2-3-10(15-8)12(17)16-4-5-20-7-11(16)13(18)19/h2-3,11H,4-5,7H2,1H3,(H,18,19). The summed E-state index contributed by atoms with van der Waals surface area (Å²) in [6, 6.07) is 3.90. The van der Waals surface area contributed by atoms with Crippen molar-refractivity contribution in [2.45, 2.75) is 13.0 Å². The zero-order valence-electron chi connectivity index (χ0n) is 10.9. The molecule has 0 bridgehead atoms. The van der Waals surface area contributed by atoms with Crippen LogP contribution in [0.5, 0.6) is 0 Å². The summed E-state index contributed by atoms with van der Waals surface area (Å²) in [6.45, 7) is 2.10. The van der Waals surface area contributed by atoms with Gasteiger partial charge in [-0.1, -0.05) is 0 Å². The monoisotopic (exact) mass is 275 g/mol. The molecule has 1 aliphatic heterocycles. The fourth-order valence-electron chi connectivity index (χ4n) is 2.00. The molecule has 0 aliphatic carbocycles. The Kier molecular flexibility index (Phi) is 3.96. The van der Waals surface area contributed by atoms with Crippen molar-refractivity contribution < 1.29 is 19.4 Å². The maximum Gasteiger partial charge on any atom is 0.328 e. The van der Waals surface area contributed by atoms with Crippen LogP contribution in [0, 0.1) is 18.3 Å². The highest BCUT2D eigenvalue weighted by Gasteiger charge is 2.33. The van der Waals surface area contributed by atoms with E-state index < -0.39 is 17.9 Å². The summed E-state index contributed by atoms with van der Waals surface area (Å²) in [5.74, 6) is -1.57. The van der Waals surface area contributed by atoms with E-state index in [2.05, 4.69) is 4.98 Å². The van der Waals surface area contributed by atoms with Crippen LogP contribution in [-0.4, -0.2) is 52.7 Å². The van der Waals surface area contributed by atoms with Gasteiger partial charge in [0.05, 0.1) is 24.5 Å². The van der Waals surface area contributed by atoms with Crippen LogP contribution in [0.2, 0.25) is 0 Å². The van der Waals surface area contributed by atoms with Gasteiger partial charge in [0.2, 0.25) is 0 Å². The molecule has 1 atom stereocenters. The first-order valence-corrected chi connectivity index (χ1v) is 6.04. The summed E-state index contributed by atoms with van der Waals surface area (Å²) in [4.78, 5) is 28.8. The van der Waals surface area contributed by atoms with Gasteiger partial charge in [-0.2, -0.15) is 5.26 Å². The molecule has 0 saturated carbocycles. The van der Waals surface area contributed by atoms with E-state index in [-0.39, 0.29) is 18.8 Å². The Balaban J connectivity index is 2.28. The van der Waals surface area contributed by atoms with Gasteiger partial charge in [0.1, 0.15) is 11.8 Å². The predicted molar refractivity (Wildman–Crippen MR) is 67.0 cm³/mol. The number of aryl methyl sites for hydroxylation is 1. The van der Waals surface area contributed by atoms with Crippen LogP contribution in [-0.2, 0) is 9.53 Å². The van der Waals surface area contributed by atoms with E-state index in [4.69, 9.17) is 15.1 Å². The van der Waals surface area contributed by atoms with Gasteiger partial charge in [0.25, 0.3) is 5.91 Å². The molecule has 2 heterocycles. The molecule has 0 spiro atoms. The average Bonchev–Trinajstić information content (AvgIpc) is 2.46. The molecule has 1 amide bonds. The van der Waals surface area contributed by atoms with Gasteiger partial charge in [-0.3, -0.25) is 4.79 Å². The lowest BCUT2D eigenvalue weighted by atomic mass is 10.1. The molecule has 1 saturated heterocycles. The molecule has 7 heteroatoms. The number of aromatic nitrogens is 1. The summed E-state index contributed by atoms with van der Waals surface area (Å²) in [6.07, 6.45) is 0. The second-order valence-electron chi connectivity index (χ2n) is 4.37. The van der Waals surface area contributed by atoms with Crippen LogP contribution in [0.25, 0.3) is 0 Å². The third-order valence-electron chi connectivity index (χ3n) is 3.10. The van der Waals surface area contributed by atoms with Crippen molar-refractivity contribution in [2.75, 3.05) is 19.8 Å². The van der Waals surface area contributed by atoms with Crippen molar-refractivity contribution in [3.8, 4) is 6.07 Å². The van der Waals surface area contributed by atoms with Gasteiger partial charge >= 0.3 is 5.97 Å². The van der Waals surface area contributed by atoms with E-state index >= 15 is 0 Å². The number of morpholine rings is 1. The van der Waals surface area contributed by atoms with Crippen LogP contribution in [0.15, 0.2) is 12.1 Å². The van der Waals surface area contributed by atoms with Gasteiger partial charge in [0, 0.05) is 6.54 Å². The summed E-state index contributed by atoms with van der Waals surface area (Å²) < 4.78 is 5.08. The predicted octanol–water partition coefficient (Wildman–Crippen LogP) is 0.187. The van der Waals surface area contributed by atoms with Crippen LogP contribution >= 0.6 is 0 Å². The molecule has 1 fully saturated rings. The molecule has 7 nitrogen and oxygen atoms in total. The molecular formula is C13H13N3O4. The number of ether oxygens (including phenoxy) is 1. The van der Waals surface area contributed by atoms with Crippen LogP contribution in [0.3, 0.4) is 0 Å². The molecule has 1 aromatic rings. The zero-order chi connectivity index (χ0) is 14.7. The van der Waals surface area contributed by atoms with Crippen molar-refractivity contribution in [2.24, 2.45) is 0 Å². The van der Waals surface area contributed by atoms with Crippen molar-refractivity contribution in [3.63, 3.8) is 0 Å². The maximum absolute atomic E-state index is 12.3. The number of rotatable bonds is 2. The molecule has 1 aliphatic rings. The Morgan fingerprint density at radius 3 is 2.90 bits per heavy atom. The number of aliphatic carboxylic acids is 1. The highest BCUT2D eigenvalue weighted by Crippen LogP contribution is 2.13. The minimum Gasteiger partial charge on any atom is -0.480 e. The minimum atomic E-state index is -1.11. The quantitative estimate of drug-likeness (QED) is 0.826. The lowest BCUT2D eigenvalue weighted by Crippen LogP contribution is -2.52.